The first-order valence-corrected chi connectivity index (χ1v) is 15.9. The van der Waals surface area contributed by atoms with Crippen LogP contribution in [-0.2, 0) is 14.8 Å². The molecule has 0 bridgehead atoms. The van der Waals surface area contributed by atoms with E-state index in [9.17, 15) is 13.2 Å². The first-order chi connectivity index (χ1) is 17.5. The second-order valence-electron chi connectivity index (χ2n) is 9.41. The van der Waals surface area contributed by atoms with Gasteiger partial charge >= 0.3 is 6.09 Å². The Labute approximate surface area is 235 Å². The molecule has 1 radical (unpaired) electrons. The summed E-state index contributed by atoms with van der Waals surface area (Å²) in [4.78, 5) is 13.1. The number of sulfonamides is 1. The number of fused-ring (bicyclic) bond motifs is 1. The highest BCUT2D eigenvalue weighted by Gasteiger charge is 2.39. The molecular formula is C26H38Cl2NO6S2. The molecule has 1 heterocycles. The van der Waals surface area contributed by atoms with Crippen molar-refractivity contribution in [3.63, 3.8) is 0 Å². The lowest BCUT2D eigenvalue weighted by Crippen LogP contribution is -2.42. The summed E-state index contributed by atoms with van der Waals surface area (Å²) >= 11 is 12.6. The number of alkyl halides is 2. The lowest BCUT2D eigenvalue weighted by Gasteiger charge is -2.30. The Balaban J connectivity index is 2.48. The molecule has 0 saturated carbocycles. The third kappa shape index (κ3) is 9.08. The molecular weight excluding hydrogens is 557 g/mol. The normalized spacial score (nSPS) is 12.2. The highest BCUT2D eigenvalue weighted by atomic mass is 35.5. The molecule has 2 rings (SSSR count). The molecule has 0 fully saturated rings. The monoisotopic (exact) mass is 594 g/mol. The Morgan fingerprint density at radius 1 is 0.919 bits per heavy atom. The summed E-state index contributed by atoms with van der Waals surface area (Å²) in [6.07, 6.45) is 3.09. The van der Waals surface area contributed by atoms with Crippen LogP contribution in [0.25, 0.3) is 10.1 Å². The van der Waals surface area contributed by atoms with E-state index in [0.717, 1.165) is 41.3 Å². The van der Waals surface area contributed by atoms with Gasteiger partial charge in [-0.05, 0) is 76.8 Å². The fourth-order valence-electron chi connectivity index (χ4n) is 3.46. The van der Waals surface area contributed by atoms with Crippen molar-refractivity contribution >= 4 is 60.7 Å². The first kappa shape index (κ1) is 31.8. The first-order valence-electron chi connectivity index (χ1n) is 12.6. The maximum absolute atomic E-state index is 13.8. The number of carbonyl (C=O) groups excluding carboxylic acids is 1. The Hall–Kier alpha value is -1.42. The van der Waals surface area contributed by atoms with Gasteiger partial charge in [-0.2, -0.15) is 12.7 Å². The number of thiophene rings is 1. The zero-order chi connectivity index (χ0) is 27.6. The molecule has 1 aromatic carbocycles. The van der Waals surface area contributed by atoms with E-state index < -0.39 is 21.7 Å². The fraction of sp³-hybridized carbons (Fsp3) is 0.615. The number of ether oxygens (including phenoxy) is 3. The summed E-state index contributed by atoms with van der Waals surface area (Å²) in [7, 11) is -4.20. The summed E-state index contributed by atoms with van der Waals surface area (Å²) in [6, 6.07) is 5.60. The van der Waals surface area contributed by atoms with Gasteiger partial charge in [-0.15, -0.1) is 34.5 Å². The number of rotatable bonds is 15. The molecule has 0 unspecified atom stereocenters. The summed E-state index contributed by atoms with van der Waals surface area (Å²) < 4.78 is 46.5. The number of nitrogens with zero attached hydrogens (tertiary/aromatic N) is 1. The summed E-state index contributed by atoms with van der Waals surface area (Å²) in [5.74, 6) is 2.18. The average molecular weight is 596 g/mol. The molecule has 0 saturated heterocycles. The van der Waals surface area contributed by atoms with E-state index in [1.807, 2.05) is 13.8 Å². The van der Waals surface area contributed by atoms with Crippen LogP contribution in [0.4, 0.5) is 4.79 Å². The maximum Gasteiger partial charge on any atom is 0.425 e. The van der Waals surface area contributed by atoms with E-state index in [-0.39, 0.29) is 4.21 Å². The second-order valence-corrected chi connectivity index (χ2v) is 13.3. The standard InChI is InChI=1S/C26H38Cl2NO6S2/c1-6-20(7-2)29(25(30)35-26(3,4)5)37(31,32)24-17-19-16-21(33-14-10-8-12-27)22(18-23(19)36-24)34-15-11-9-13-28/h16-18H,6-15H2,1-5H3. The Morgan fingerprint density at radius 2 is 1.46 bits per heavy atom. The molecule has 37 heavy (non-hydrogen) atoms. The van der Waals surface area contributed by atoms with Gasteiger partial charge in [0.15, 0.2) is 11.5 Å². The van der Waals surface area contributed by atoms with Crippen molar-refractivity contribution < 1.29 is 27.4 Å². The number of carbonyl (C=O) groups is 1. The minimum atomic E-state index is -4.20. The summed E-state index contributed by atoms with van der Waals surface area (Å²) in [6.45, 7) is 9.67. The highest BCUT2D eigenvalue weighted by Crippen LogP contribution is 2.40. The van der Waals surface area contributed by atoms with E-state index >= 15 is 0 Å². The van der Waals surface area contributed by atoms with Gasteiger partial charge in [0.05, 0.1) is 19.3 Å². The van der Waals surface area contributed by atoms with Crippen molar-refractivity contribution in [2.45, 2.75) is 83.0 Å². The Bertz CT molecular complexity index is 1060. The van der Waals surface area contributed by atoms with E-state index in [4.69, 9.17) is 37.4 Å². The number of hydrogen-bond donors (Lipinski definition) is 0. The van der Waals surface area contributed by atoms with Crippen LogP contribution < -0.4 is 9.47 Å². The molecule has 0 atom stereocenters. The topological polar surface area (TPSA) is 82.1 Å². The van der Waals surface area contributed by atoms with Gasteiger partial charge in [-0.3, -0.25) is 0 Å². The molecule has 0 aliphatic carbocycles. The largest absolute Gasteiger partial charge is 0.490 e. The lowest BCUT2D eigenvalue weighted by molar-refractivity contribution is 0.0392. The minimum Gasteiger partial charge on any atom is -0.490 e. The van der Waals surface area contributed by atoms with Crippen LogP contribution in [0.3, 0.4) is 0 Å². The van der Waals surface area contributed by atoms with Crippen LogP contribution >= 0.6 is 34.5 Å². The van der Waals surface area contributed by atoms with Gasteiger partial charge in [0.1, 0.15) is 9.81 Å². The molecule has 1 amide bonds. The molecule has 0 aliphatic heterocycles. The van der Waals surface area contributed by atoms with Crippen LogP contribution in [0.1, 0.15) is 73.1 Å². The van der Waals surface area contributed by atoms with Crippen LogP contribution in [0, 0.1) is 6.04 Å². The lowest BCUT2D eigenvalue weighted by atomic mass is 10.2. The van der Waals surface area contributed by atoms with Gasteiger partial charge in [0.25, 0.3) is 10.0 Å². The van der Waals surface area contributed by atoms with Crippen LogP contribution in [0.5, 0.6) is 11.5 Å². The van der Waals surface area contributed by atoms with Crippen molar-refractivity contribution in [2.24, 2.45) is 0 Å². The summed E-state index contributed by atoms with van der Waals surface area (Å²) in [5, 5.41) is 0.683. The Morgan fingerprint density at radius 3 is 1.95 bits per heavy atom. The van der Waals surface area contributed by atoms with E-state index in [1.54, 1.807) is 39.0 Å². The van der Waals surface area contributed by atoms with Crippen molar-refractivity contribution in [2.75, 3.05) is 25.0 Å². The minimum absolute atomic E-state index is 0.0418. The third-order valence-electron chi connectivity index (χ3n) is 5.29. The maximum atomic E-state index is 13.8. The zero-order valence-corrected chi connectivity index (χ0v) is 25.4. The Kier molecular flexibility index (Phi) is 12.6. The fourth-order valence-corrected chi connectivity index (χ4v) is 6.84. The molecule has 2 aromatic rings. The highest BCUT2D eigenvalue weighted by molar-refractivity contribution is 7.92. The molecule has 11 heteroatoms. The molecule has 209 valence electrons. The smallest absolute Gasteiger partial charge is 0.425 e. The predicted molar refractivity (Wildman–Crippen MR) is 152 cm³/mol. The summed E-state index contributed by atoms with van der Waals surface area (Å²) in [5.41, 5.74) is -0.844. The zero-order valence-electron chi connectivity index (χ0n) is 22.3. The molecule has 0 aliphatic rings. The van der Waals surface area contributed by atoms with E-state index in [2.05, 4.69) is 0 Å². The van der Waals surface area contributed by atoms with E-state index in [1.165, 1.54) is 0 Å². The number of unbranched alkanes of at least 4 members (excludes halogenated alkanes) is 2. The average Bonchev–Trinajstić information content (AvgIpc) is 3.25. The van der Waals surface area contributed by atoms with Gasteiger partial charge in [-0.25, -0.2) is 4.79 Å². The molecule has 7 nitrogen and oxygen atoms in total. The van der Waals surface area contributed by atoms with Gasteiger partial charge in [0.2, 0.25) is 0 Å². The van der Waals surface area contributed by atoms with Crippen molar-refractivity contribution in [1.82, 2.24) is 4.31 Å². The van der Waals surface area contributed by atoms with Gasteiger partial charge in [-0.1, -0.05) is 13.8 Å². The van der Waals surface area contributed by atoms with Crippen LogP contribution in [-0.4, -0.2) is 49.4 Å². The quantitative estimate of drug-likeness (QED) is 0.153. The van der Waals surface area contributed by atoms with Gasteiger partial charge in [0, 0.05) is 22.5 Å². The second kappa shape index (κ2) is 14.7. The van der Waals surface area contributed by atoms with Crippen molar-refractivity contribution in [3.8, 4) is 11.5 Å². The SMILES string of the molecule is CC[C](CC)N(C(=O)OC(C)(C)C)S(=O)(=O)c1cc2cc(OCCCCCl)c(OCCCCCl)cc2s1. The van der Waals surface area contributed by atoms with E-state index in [0.29, 0.717) is 65.4 Å². The van der Waals surface area contributed by atoms with Crippen LogP contribution in [0.15, 0.2) is 22.4 Å². The molecule has 0 N–H and O–H groups in total. The van der Waals surface area contributed by atoms with Crippen molar-refractivity contribution in [3.05, 3.63) is 24.2 Å². The predicted octanol–water partition coefficient (Wildman–Crippen LogP) is 7.97. The number of hydrogen-bond acceptors (Lipinski definition) is 7. The van der Waals surface area contributed by atoms with Crippen LogP contribution in [0.2, 0.25) is 0 Å². The number of benzene rings is 1. The number of amides is 1. The number of halogens is 2. The van der Waals surface area contributed by atoms with Gasteiger partial charge < -0.3 is 14.2 Å². The van der Waals surface area contributed by atoms with Crippen molar-refractivity contribution in [1.29, 1.82) is 0 Å². The molecule has 0 spiro atoms. The third-order valence-corrected chi connectivity index (χ3v) is 9.11. The molecule has 1 aromatic heterocycles.